The van der Waals surface area contributed by atoms with E-state index < -0.39 is 15.6 Å². The lowest BCUT2D eigenvalue weighted by atomic mass is 10.0. The van der Waals surface area contributed by atoms with Crippen LogP contribution in [0.3, 0.4) is 0 Å². The van der Waals surface area contributed by atoms with Gasteiger partial charge >= 0.3 is 0 Å². The van der Waals surface area contributed by atoms with Crippen molar-refractivity contribution in [1.29, 1.82) is 0 Å². The molecule has 0 spiro atoms. The van der Waals surface area contributed by atoms with Crippen LogP contribution in [0.15, 0.2) is 27.6 Å². The molecule has 1 saturated heterocycles. The van der Waals surface area contributed by atoms with Gasteiger partial charge in [0, 0.05) is 17.6 Å². The number of nitrogens with two attached hydrogens (primary N) is 1. The van der Waals surface area contributed by atoms with E-state index in [1.54, 1.807) is 19.1 Å². The first kappa shape index (κ1) is 12.8. The van der Waals surface area contributed by atoms with Crippen LogP contribution in [0.1, 0.15) is 6.92 Å². The average Bonchev–Trinajstić information content (AvgIpc) is 2.13. The van der Waals surface area contributed by atoms with Gasteiger partial charge in [-0.05, 0) is 25.1 Å². The first-order valence-electron chi connectivity index (χ1n) is 5.00. The highest BCUT2D eigenvalue weighted by atomic mass is 79.9. The maximum Gasteiger partial charge on any atom is 0.245 e. The normalized spacial score (nSPS) is 19.9. The zero-order chi connectivity index (χ0) is 12.8. The summed E-state index contributed by atoms with van der Waals surface area (Å²) in [6.45, 7) is 1.81. The standard InChI is InChI=1S/C10H13BrN2O3S/c1-10(14)5-13(6-10)17(15,16)9-3-2-7(11)4-8(9)12/h2-4,14H,5-6,12H2,1H3. The molecular weight excluding hydrogens is 308 g/mol. The van der Waals surface area contributed by atoms with Gasteiger partial charge in [-0.1, -0.05) is 15.9 Å². The molecule has 0 aromatic heterocycles. The van der Waals surface area contributed by atoms with E-state index in [1.165, 1.54) is 10.4 Å². The van der Waals surface area contributed by atoms with Gasteiger partial charge < -0.3 is 10.8 Å². The Morgan fingerprint density at radius 2 is 2.06 bits per heavy atom. The SMILES string of the molecule is CC1(O)CN(S(=O)(=O)c2ccc(Br)cc2N)C1. The smallest absolute Gasteiger partial charge is 0.245 e. The van der Waals surface area contributed by atoms with E-state index in [-0.39, 0.29) is 23.7 Å². The molecule has 1 fully saturated rings. The van der Waals surface area contributed by atoms with E-state index in [4.69, 9.17) is 5.73 Å². The topological polar surface area (TPSA) is 83.6 Å². The molecular formula is C10H13BrN2O3S. The molecule has 0 saturated carbocycles. The number of hydrogen-bond donors (Lipinski definition) is 2. The molecule has 1 aromatic rings. The van der Waals surface area contributed by atoms with Crippen LogP contribution < -0.4 is 5.73 Å². The molecule has 3 N–H and O–H groups in total. The van der Waals surface area contributed by atoms with E-state index in [0.717, 1.165) is 4.47 Å². The minimum Gasteiger partial charge on any atom is -0.398 e. The van der Waals surface area contributed by atoms with Crippen molar-refractivity contribution in [2.45, 2.75) is 17.4 Å². The van der Waals surface area contributed by atoms with Gasteiger partial charge in [-0.25, -0.2) is 8.42 Å². The molecule has 0 atom stereocenters. The Morgan fingerprint density at radius 1 is 1.47 bits per heavy atom. The van der Waals surface area contributed by atoms with Gasteiger partial charge in [-0.2, -0.15) is 4.31 Å². The largest absolute Gasteiger partial charge is 0.398 e. The predicted octanol–water partition coefficient (Wildman–Crippen LogP) is 0.787. The lowest BCUT2D eigenvalue weighted by Crippen LogP contribution is -2.61. The van der Waals surface area contributed by atoms with Crippen molar-refractivity contribution < 1.29 is 13.5 Å². The number of sulfonamides is 1. The fourth-order valence-electron chi connectivity index (χ4n) is 1.78. The van der Waals surface area contributed by atoms with Crippen LogP contribution in [0.2, 0.25) is 0 Å². The van der Waals surface area contributed by atoms with Gasteiger partial charge in [0.1, 0.15) is 4.90 Å². The summed E-state index contributed by atoms with van der Waals surface area (Å²) < 4.78 is 26.2. The Balaban J connectivity index is 2.34. The van der Waals surface area contributed by atoms with Crippen LogP contribution in [0, 0.1) is 0 Å². The van der Waals surface area contributed by atoms with E-state index >= 15 is 0 Å². The number of halogens is 1. The summed E-state index contributed by atoms with van der Waals surface area (Å²) in [5, 5.41) is 9.56. The summed E-state index contributed by atoms with van der Waals surface area (Å²) in [5.74, 6) is 0. The van der Waals surface area contributed by atoms with Crippen LogP contribution >= 0.6 is 15.9 Å². The van der Waals surface area contributed by atoms with Gasteiger partial charge in [0.2, 0.25) is 10.0 Å². The van der Waals surface area contributed by atoms with E-state index in [2.05, 4.69) is 15.9 Å². The lowest BCUT2D eigenvalue weighted by molar-refractivity contribution is -0.0426. The van der Waals surface area contributed by atoms with Crippen LogP contribution in [0.25, 0.3) is 0 Å². The summed E-state index contributed by atoms with van der Waals surface area (Å²) in [6.07, 6.45) is 0. The Hall–Kier alpha value is -0.630. The van der Waals surface area contributed by atoms with Crippen LogP contribution in [-0.4, -0.2) is 36.5 Å². The molecule has 0 aliphatic carbocycles. The molecule has 0 radical (unpaired) electrons. The van der Waals surface area contributed by atoms with E-state index in [1.807, 2.05) is 0 Å². The van der Waals surface area contributed by atoms with Gasteiger partial charge in [0.05, 0.1) is 11.3 Å². The number of anilines is 1. The Labute approximate surface area is 108 Å². The minimum atomic E-state index is -3.59. The van der Waals surface area contributed by atoms with Crippen molar-refractivity contribution in [2.24, 2.45) is 0 Å². The number of hydrogen-bond acceptors (Lipinski definition) is 4. The molecule has 94 valence electrons. The second kappa shape index (κ2) is 3.94. The van der Waals surface area contributed by atoms with Gasteiger partial charge in [-0.15, -0.1) is 0 Å². The van der Waals surface area contributed by atoms with Crippen LogP contribution in [0.5, 0.6) is 0 Å². The third kappa shape index (κ3) is 2.33. The molecule has 0 bridgehead atoms. The summed E-state index contributed by atoms with van der Waals surface area (Å²) in [4.78, 5) is 0.0798. The second-order valence-electron chi connectivity index (χ2n) is 4.45. The molecule has 1 aliphatic heterocycles. The van der Waals surface area contributed by atoms with Crippen molar-refractivity contribution in [2.75, 3.05) is 18.8 Å². The highest BCUT2D eigenvalue weighted by Crippen LogP contribution is 2.31. The Bertz CT molecular complexity index is 549. The summed E-state index contributed by atoms with van der Waals surface area (Å²) in [6, 6.07) is 4.63. The minimum absolute atomic E-state index is 0.0798. The number of nitrogen functional groups attached to an aromatic ring is 1. The highest BCUT2D eigenvalue weighted by molar-refractivity contribution is 9.10. The average molecular weight is 321 g/mol. The zero-order valence-electron chi connectivity index (χ0n) is 9.22. The van der Waals surface area contributed by atoms with Crippen LogP contribution in [-0.2, 0) is 10.0 Å². The molecule has 17 heavy (non-hydrogen) atoms. The van der Waals surface area contributed by atoms with Crippen LogP contribution in [0.4, 0.5) is 5.69 Å². The lowest BCUT2D eigenvalue weighted by Gasteiger charge is -2.42. The number of β-amino-alcohol motifs (C(OH)–C–C–N with tert-alkyl or cyclic N) is 1. The highest BCUT2D eigenvalue weighted by Gasteiger charge is 2.44. The van der Waals surface area contributed by atoms with E-state index in [9.17, 15) is 13.5 Å². The predicted molar refractivity (Wildman–Crippen MR) is 67.9 cm³/mol. The molecule has 0 amide bonds. The number of nitrogens with zero attached hydrogens (tertiary/aromatic N) is 1. The fraction of sp³-hybridized carbons (Fsp3) is 0.400. The monoisotopic (exact) mass is 320 g/mol. The molecule has 0 unspecified atom stereocenters. The first-order valence-corrected chi connectivity index (χ1v) is 7.23. The summed E-state index contributed by atoms with van der Waals surface area (Å²) in [5.41, 5.74) is 4.96. The number of aliphatic hydroxyl groups is 1. The van der Waals surface area contributed by atoms with Crippen molar-refractivity contribution in [3.05, 3.63) is 22.7 Å². The molecule has 2 rings (SSSR count). The third-order valence-corrected chi connectivity index (χ3v) is 4.98. The molecule has 1 aromatic carbocycles. The first-order chi connectivity index (χ1) is 7.72. The second-order valence-corrected chi connectivity index (χ2v) is 7.27. The number of benzene rings is 1. The summed E-state index contributed by atoms with van der Waals surface area (Å²) in [7, 11) is -3.59. The maximum absolute atomic E-state index is 12.2. The maximum atomic E-state index is 12.2. The molecule has 7 heteroatoms. The fourth-order valence-corrected chi connectivity index (χ4v) is 3.93. The molecule has 5 nitrogen and oxygen atoms in total. The zero-order valence-corrected chi connectivity index (χ0v) is 11.6. The molecule has 1 aliphatic rings. The van der Waals surface area contributed by atoms with Crippen molar-refractivity contribution in [1.82, 2.24) is 4.31 Å². The van der Waals surface area contributed by atoms with Crippen molar-refractivity contribution in [3.8, 4) is 0 Å². The van der Waals surface area contributed by atoms with Gasteiger partial charge in [0.25, 0.3) is 0 Å². The van der Waals surface area contributed by atoms with Crippen molar-refractivity contribution >= 4 is 31.6 Å². The quantitative estimate of drug-likeness (QED) is 0.789. The Kier molecular flexibility index (Phi) is 2.97. The molecule has 1 heterocycles. The summed E-state index contributed by atoms with van der Waals surface area (Å²) >= 11 is 3.22. The third-order valence-electron chi connectivity index (χ3n) is 2.62. The van der Waals surface area contributed by atoms with Crippen molar-refractivity contribution in [3.63, 3.8) is 0 Å². The Morgan fingerprint density at radius 3 is 2.53 bits per heavy atom. The van der Waals surface area contributed by atoms with Gasteiger partial charge in [0.15, 0.2) is 0 Å². The number of rotatable bonds is 2. The van der Waals surface area contributed by atoms with E-state index in [0.29, 0.717) is 0 Å². The van der Waals surface area contributed by atoms with Gasteiger partial charge in [-0.3, -0.25) is 0 Å².